The SMILES string of the molecule is CCOC(=N)C(CC)(CC)c1ccccc1. The molecule has 0 aliphatic carbocycles. The Bertz CT molecular complexity index is 328. The van der Waals surface area contributed by atoms with Crippen LogP contribution in [0.3, 0.4) is 0 Å². The maximum absolute atomic E-state index is 8.11. The number of hydrogen-bond acceptors (Lipinski definition) is 2. The summed E-state index contributed by atoms with van der Waals surface area (Å²) in [5.41, 5.74) is 0.926. The fraction of sp³-hybridized carbons (Fsp3) is 0.500. The number of rotatable bonds is 5. The highest BCUT2D eigenvalue weighted by Crippen LogP contribution is 2.33. The van der Waals surface area contributed by atoms with E-state index < -0.39 is 0 Å². The van der Waals surface area contributed by atoms with Crippen LogP contribution in [0.5, 0.6) is 0 Å². The molecule has 1 aromatic carbocycles. The zero-order chi connectivity index (χ0) is 12.0. The van der Waals surface area contributed by atoms with E-state index in [2.05, 4.69) is 26.0 Å². The Morgan fingerprint density at radius 2 is 1.69 bits per heavy atom. The lowest BCUT2D eigenvalue weighted by Gasteiger charge is -2.32. The topological polar surface area (TPSA) is 33.1 Å². The Morgan fingerprint density at radius 1 is 1.12 bits per heavy atom. The molecule has 0 unspecified atom stereocenters. The lowest BCUT2D eigenvalue weighted by Crippen LogP contribution is -2.35. The van der Waals surface area contributed by atoms with Crippen molar-refractivity contribution >= 4 is 5.90 Å². The molecule has 1 N–H and O–H groups in total. The molecule has 0 amide bonds. The summed E-state index contributed by atoms with van der Waals surface area (Å²) < 4.78 is 5.43. The van der Waals surface area contributed by atoms with Crippen molar-refractivity contribution in [3.8, 4) is 0 Å². The van der Waals surface area contributed by atoms with Gasteiger partial charge in [0.05, 0.1) is 12.0 Å². The Kier molecular flexibility index (Phi) is 4.53. The molecule has 0 aromatic heterocycles. The minimum atomic E-state index is -0.253. The van der Waals surface area contributed by atoms with Crippen molar-refractivity contribution in [3.05, 3.63) is 35.9 Å². The van der Waals surface area contributed by atoms with Gasteiger partial charge in [-0.25, -0.2) is 0 Å². The average molecular weight is 219 g/mol. The predicted molar refractivity (Wildman–Crippen MR) is 68.1 cm³/mol. The lowest BCUT2D eigenvalue weighted by molar-refractivity contribution is 0.277. The molecule has 0 atom stereocenters. The maximum Gasteiger partial charge on any atom is 0.191 e. The van der Waals surface area contributed by atoms with Crippen molar-refractivity contribution in [1.82, 2.24) is 0 Å². The van der Waals surface area contributed by atoms with Gasteiger partial charge < -0.3 is 4.74 Å². The van der Waals surface area contributed by atoms with Gasteiger partial charge in [-0.05, 0) is 25.3 Å². The van der Waals surface area contributed by atoms with E-state index in [9.17, 15) is 0 Å². The van der Waals surface area contributed by atoms with Crippen LogP contribution >= 0.6 is 0 Å². The van der Waals surface area contributed by atoms with Crippen LogP contribution in [0.4, 0.5) is 0 Å². The van der Waals surface area contributed by atoms with Crippen molar-refractivity contribution < 1.29 is 4.74 Å². The molecule has 2 nitrogen and oxygen atoms in total. The van der Waals surface area contributed by atoms with Crippen LogP contribution in [0.2, 0.25) is 0 Å². The molecule has 0 heterocycles. The summed E-state index contributed by atoms with van der Waals surface area (Å²) in [5.74, 6) is 0.395. The van der Waals surface area contributed by atoms with E-state index in [-0.39, 0.29) is 5.41 Å². The fourth-order valence-electron chi connectivity index (χ4n) is 2.15. The van der Waals surface area contributed by atoms with Crippen LogP contribution in [0.15, 0.2) is 30.3 Å². The summed E-state index contributed by atoms with van der Waals surface area (Å²) in [7, 11) is 0. The first-order valence-corrected chi connectivity index (χ1v) is 5.98. The molecule has 0 aliphatic heterocycles. The Morgan fingerprint density at radius 3 is 2.12 bits per heavy atom. The molecule has 0 radical (unpaired) electrons. The molecule has 1 aromatic rings. The first kappa shape index (κ1) is 12.8. The minimum absolute atomic E-state index is 0.253. The van der Waals surface area contributed by atoms with Gasteiger partial charge in [-0.1, -0.05) is 44.2 Å². The second-order valence-electron chi connectivity index (χ2n) is 3.92. The predicted octanol–water partition coefficient (Wildman–Crippen LogP) is 3.76. The van der Waals surface area contributed by atoms with Gasteiger partial charge in [-0.3, -0.25) is 5.41 Å². The minimum Gasteiger partial charge on any atom is -0.481 e. The van der Waals surface area contributed by atoms with E-state index in [0.717, 1.165) is 12.8 Å². The average Bonchev–Trinajstić information content (AvgIpc) is 2.33. The molecule has 0 bridgehead atoms. The quantitative estimate of drug-likeness (QED) is 0.593. The van der Waals surface area contributed by atoms with E-state index in [0.29, 0.717) is 12.5 Å². The molecule has 0 spiro atoms. The van der Waals surface area contributed by atoms with Crippen LogP contribution in [0, 0.1) is 5.41 Å². The van der Waals surface area contributed by atoms with Crippen LogP contribution in [0.1, 0.15) is 39.2 Å². The van der Waals surface area contributed by atoms with Crippen LogP contribution in [0.25, 0.3) is 0 Å². The van der Waals surface area contributed by atoms with Gasteiger partial charge in [0.2, 0.25) is 0 Å². The summed E-state index contributed by atoms with van der Waals surface area (Å²) in [5, 5.41) is 8.11. The van der Waals surface area contributed by atoms with Crippen molar-refractivity contribution in [2.75, 3.05) is 6.61 Å². The van der Waals surface area contributed by atoms with Crippen molar-refractivity contribution in [2.24, 2.45) is 0 Å². The van der Waals surface area contributed by atoms with Crippen molar-refractivity contribution in [3.63, 3.8) is 0 Å². The summed E-state index contributed by atoms with van der Waals surface area (Å²) in [4.78, 5) is 0. The number of nitrogens with one attached hydrogen (secondary N) is 1. The number of hydrogen-bond donors (Lipinski definition) is 1. The maximum atomic E-state index is 8.11. The van der Waals surface area contributed by atoms with Crippen molar-refractivity contribution in [1.29, 1.82) is 5.41 Å². The second-order valence-corrected chi connectivity index (χ2v) is 3.92. The molecule has 16 heavy (non-hydrogen) atoms. The first-order chi connectivity index (χ1) is 7.71. The van der Waals surface area contributed by atoms with Gasteiger partial charge in [0.25, 0.3) is 0 Å². The fourth-order valence-corrected chi connectivity index (χ4v) is 2.15. The lowest BCUT2D eigenvalue weighted by atomic mass is 9.75. The second kappa shape index (κ2) is 5.69. The van der Waals surface area contributed by atoms with Gasteiger partial charge >= 0.3 is 0 Å². The van der Waals surface area contributed by atoms with Gasteiger partial charge in [0.15, 0.2) is 5.90 Å². The highest BCUT2D eigenvalue weighted by Gasteiger charge is 2.34. The van der Waals surface area contributed by atoms with Gasteiger partial charge in [0.1, 0.15) is 0 Å². The molecule has 0 saturated carbocycles. The number of ether oxygens (including phenoxy) is 1. The third kappa shape index (κ3) is 2.26. The summed E-state index contributed by atoms with van der Waals surface area (Å²) in [6.07, 6.45) is 1.79. The Balaban J connectivity index is 3.10. The van der Waals surface area contributed by atoms with E-state index in [1.54, 1.807) is 0 Å². The zero-order valence-electron chi connectivity index (χ0n) is 10.4. The van der Waals surface area contributed by atoms with Crippen molar-refractivity contribution in [2.45, 2.75) is 39.0 Å². The number of benzene rings is 1. The Hall–Kier alpha value is -1.31. The van der Waals surface area contributed by atoms with Crippen LogP contribution < -0.4 is 0 Å². The van der Waals surface area contributed by atoms with Crippen LogP contribution in [-0.4, -0.2) is 12.5 Å². The summed E-state index contributed by atoms with van der Waals surface area (Å²) in [6.45, 7) is 6.72. The molecule has 0 saturated heterocycles. The van der Waals surface area contributed by atoms with E-state index in [1.165, 1.54) is 5.56 Å². The molecule has 0 fully saturated rings. The third-order valence-electron chi connectivity index (χ3n) is 3.26. The largest absolute Gasteiger partial charge is 0.481 e. The third-order valence-corrected chi connectivity index (χ3v) is 3.26. The molecule has 88 valence electrons. The molecular weight excluding hydrogens is 198 g/mol. The zero-order valence-corrected chi connectivity index (χ0v) is 10.4. The highest BCUT2D eigenvalue weighted by atomic mass is 16.5. The van der Waals surface area contributed by atoms with Gasteiger partial charge in [-0.15, -0.1) is 0 Å². The highest BCUT2D eigenvalue weighted by molar-refractivity contribution is 5.85. The first-order valence-electron chi connectivity index (χ1n) is 5.98. The molecule has 0 aliphatic rings. The smallest absolute Gasteiger partial charge is 0.191 e. The van der Waals surface area contributed by atoms with Gasteiger partial charge in [0, 0.05) is 0 Å². The molecule has 2 heteroatoms. The Labute approximate surface area is 98.1 Å². The van der Waals surface area contributed by atoms with E-state index in [1.807, 2.05) is 25.1 Å². The van der Waals surface area contributed by atoms with Crippen LogP contribution in [-0.2, 0) is 10.2 Å². The summed E-state index contributed by atoms with van der Waals surface area (Å²) >= 11 is 0. The molecule has 1 rings (SSSR count). The standard InChI is InChI=1S/C14H21NO/c1-4-14(5-2,13(15)16-6-3)12-10-8-7-9-11-12/h7-11,15H,4-6H2,1-3H3. The molecular formula is C14H21NO. The normalized spacial score (nSPS) is 11.2. The van der Waals surface area contributed by atoms with E-state index in [4.69, 9.17) is 10.1 Å². The summed E-state index contributed by atoms with van der Waals surface area (Å²) in [6, 6.07) is 10.2. The monoisotopic (exact) mass is 219 g/mol. The van der Waals surface area contributed by atoms with Gasteiger partial charge in [-0.2, -0.15) is 0 Å². The van der Waals surface area contributed by atoms with E-state index >= 15 is 0 Å².